The monoisotopic (exact) mass is 329 g/mol. The van der Waals surface area contributed by atoms with Crippen LogP contribution in [-0.2, 0) is 16.1 Å². The predicted octanol–water partition coefficient (Wildman–Crippen LogP) is 2.85. The maximum atomic E-state index is 12.1. The zero-order valence-electron chi connectivity index (χ0n) is 11.9. The van der Waals surface area contributed by atoms with E-state index in [2.05, 4.69) is 6.58 Å². The summed E-state index contributed by atoms with van der Waals surface area (Å²) in [7, 11) is 0. The van der Waals surface area contributed by atoms with Gasteiger partial charge in [-0.2, -0.15) is 0 Å². The van der Waals surface area contributed by atoms with E-state index in [1.165, 1.54) is 17.4 Å². The van der Waals surface area contributed by atoms with Crippen molar-refractivity contribution in [2.75, 3.05) is 19.8 Å². The minimum absolute atomic E-state index is 0.00229. The molecule has 0 spiro atoms. The van der Waals surface area contributed by atoms with Crippen molar-refractivity contribution in [3.8, 4) is 0 Å². The summed E-state index contributed by atoms with van der Waals surface area (Å²) in [6.45, 7) is 4.90. The number of ether oxygens (including phenoxy) is 1. The highest BCUT2D eigenvalue weighted by Gasteiger charge is 2.40. The maximum Gasteiger partial charge on any atom is 0.246 e. The second-order valence-electron chi connectivity index (χ2n) is 5.24. The van der Waals surface area contributed by atoms with Gasteiger partial charge in [0.2, 0.25) is 5.91 Å². The van der Waals surface area contributed by atoms with Crippen molar-refractivity contribution in [1.29, 1.82) is 0 Å². The fourth-order valence-corrected chi connectivity index (χ4v) is 3.58. The molecule has 1 fully saturated rings. The molecular weight excluding hydrogens is 310 g/mol. The van der Waals surface area contributed by atoms with E-state index >= 15 is 0 Å². The van der Waals surface area contributed by atoms with Gasteiger partial charge in [-0.3, -0.25) is 4.79 Å². The van der Waals surface area contributed by atoms with Gasteiger partial charge in [0.25, 0.3) is 0 Å². The van der Waals surface area contributed by atoms with Gasteiger partial charge in [-0.05, 0) is 31.4 Å². The molecule has 0 bridgehead atoms. The highest BCUT2D eigenvalue weighted by molar-refractivity contribution is 7.10. The van der Waals surface area contributed by atoms with Gasteiger partial charge in [0.05, 0.1) is 36.9 Å². The second kappa shape index (κ2) is 7.40. The molecule has 1 N–H and O–H groups in total. The topological polar surface area (TPSA) is 49.8 Å². The van der Waals surface area contributed by atoms with Crippen LogP contribution in [0.1, 0.15) is 24.1 Å². The van der Waals surface area contributed by atoms with E-state index in [4.69, 9.17) is 21.4 Å². The molecule has 4 nitrogen and oxygen atoms in total. The van der Waals surface area contributed by atoms with Gasteiger partial charge in [-0.1, -0.05) is 18.2 Å². The molecule has 1 aliphatic carbocycles. The Kier molecular flexibility index (Phi) is 5.81. The van der Waals surface area contributed by atoms with Crippen LogP contribution >= 0.6 is 22.9 Å². The normalized spacial score (nSPS) is 16.3. The first-order valence-electron chi connectivity index (χ1n) is 6.98. The zero-order chi connectivity index (χ0) is 15.3. The Bertz CT molecular complexity index is 499. The van der Waals surface area contributed by atoms with Gasteiger partial charge in [-0.15, -0.1) is 11.3 Å². The smallest absolute Gasteiger partial charge is 0.246 e. The summed E-state index contributed by atoms with van der Waals surface area (Å²) in [5, 5.41) is 11.5. The van der Waals surface area contributed by atoms with E-state index in [1.54, 1.807) is 4.90 Å². The van der Waals surface area contributed by atoms with Crippen LogP contribution in [0.5, 0.6) is 0 Å². The molecule has 0 aliphatic heterocycles. The third-order valence-electron chi connectivity index (χ3n) is 3.70. The third-order valence-corrected chi connectivity index (χ3v) is 4.97. The third kappa shape index (κ3) is 4.30. The Hall–Kier alpha value is -0.880. The lowest BCUT2D eigenvalue weighted by atomic mass is 9.79. The van der Waals surface area contributed by atoms with Crippen LogP contribution in [0.25, 0.3) is 0 Å². The summed E-state index contributed by atoms with van der Waals surface area (Å²) in [4.78, 5) is 14.9. The molecule has 0 aromatic carbocycles. The first-order chi connectivity index (χ1) is 10.1. The van der Waals surface area contributed by atoms with Crippen molar-refractivity contribution in [2.45, 2.75) is 31.4 Å². The standard InChI is InChI=1S/C15H20ClNO3S/c1-2-14(19)17(9-13-8-12(16)10-21-13)11-15(4-3-5-15)20-7-6-18/h2,8,10,18H,1,3-7,9,11H2. The van der Waals surface area contributed by atoms with Gasteiger partial charge in [0, 0.05) is 10.3 Å². The minimum atomic E-state index is -0.317. The van der Waals surface area contributed by atoms with E-state index in [1.807, 2.05) is 11.4 Å². The van der Waals surface area contributed by atoms with E-state index in [0.717, 1.165) is 24.1 Å². The Morgan fingerprint density at radius 1 is 1.62 bits per heavy atom. The number of thiophene rings is 1. The van der Waals surface area contributed by atoms with Gasteiger partial charge >= 0.3 is 0 Å². The first-order valence-corrected chi connectivity index (χ1v) is 8.23. The number of aliphatic hydroxyl groups excluding tert-OH is 1. The SMILES string of the molecule is C=CC(=O)N(Cc1cc(Cl)cs1)CC1(OCCO)CCC1. The molecule has 2 rings (SSSR count). The van der Waals surface area contributed by atoms with Gasteiger partial charge < -0.3 is 14.7 Å². The largest absolute Gasteiger partial charge is 0.394 e. The van der Waals surface area contributed by atoms with E-state index in [-0.39, 0.29) is 18.1 Å². The summed E-state index contributed by atoms with van der Waals surface area (Å²) in [6, 6.07) is 1.87. The number of hydrogen-bond acceptors (Lipinski definition) is 4. The van der Waals surface area contributed by atoms with E-state index in [0.29, 0.717) is 24.7 Å². The Morgan fingerprint density at radius 3 is 2.86 bits per heavy atom. The number of aliphatic hydroxyl groups is 1. The van der Waals surface area contributed by atoms with Crippen LogP contribution in [0, 0.1) is 0 Å². The lowest BCUT2D eigenvalue weighted by Gasteiger charge is -2.44. The summed E-state index contributed by atoms with van der Waals surface area (Å²) in [5.74, 6) is -0.113. The maximum absolute atomic E-state index is 12.1. The van der Waals surface area contributed by atoms with Crippen molar-refractivity contribution in [2.24, 2.45) is 0 Å². The molecule has 6 heteroatoms. The van der Waals surface area contributed by atoms with Crippen LogP contribution in [0.2, 0.25) is 5.02 Å². The van der Waals surface area contributed by atoms with Crippen molar-refractivity contribution >= 4 is 28.8 Å². The number of hydrogen-bond donors (Lipinski definition) is 1. The van der Waals surface area contributed by atoms with Crippen molar-refractivity contribution in [3.63, 3.8) is 0 Å². The summed E-state index contributed by atoms with van der Waals surface area (Å²) < 4.78 is 5.78. The van der Waals surface area contributed by atoms with Gasteiger partial charge in [0.15, 0.2) is 0 Å². The molecule has 116 valence electrons. The summed E-state index contributed by atoms with van der Waals surface area (Å²) in [5.41, 5.74) is -0.317. The number of carbonyl (C=O) groups is 1. The average Bonchev–Trinajstić information content (AvgIpc) is 2.85. The van der Waals surface area contributed by atoms with Crippen molar-refractivity contribution in [1.82, 2.24) is 4.90 Å². The number of halogens is 1. The molecule has 0 radical (unpaired) electrons. The number of nitrogens with zero attached hydrogens (tertiary/aromatic N) is 1. The predicted molar refractivity (Wildman–Crippen MR) is 84.6 cm³/mol. The highest BCUT2D eigenvalue weighted by Crippen LogP contribution is 2.37. The number of amides is 1. The van der Waals surface area contributed by atoms with Crippen molar-refractivity contribution < 1.29 is 14.6 Å². The quantitative estimate of drug-likeness (QED) is 0.746. The fraction of sp³-hybridized carbons (Fsp3) is 0.533. The molecule has 1 heterocycles. The molecule has 21 heavy (non-hydrogen) atoms. The van der Waals surface area contributed by atoms with E-state index in [9.17, 15) is 4.79 Å². The molecule has 0 atom stereocenters. The molecule has 0 unspecified atom stereocenters. The van der Waals surface area contributed by atoms with Crippen LogP contribution in [0.4, 0.5) is 0 Å². The molecule has 0 saturated heterocycles. The number of rotatable bonds is 8. The lowest BCUT2D eigenvalue weighted by Crippen LogP contribution is -2.51. The Balaban J connectivity index is 2.05. The van der Waals surface area contributed by atoms with Crippen molar-refractivity contribution in [3.05, 3.63) is 34.0 Å². The molecule has 1 aromatic heterocycles. The van der Waals surface area contributed by atoms with Crippen LogP contribution in [-0.4, -0.2) is 41.3 Å². The molecular formula is C15H20ClNO3S. The average molecular weight is 330 g/mol. The molecule has 1 saturated carbocycles. The summed E-state index contributed by atoms with van der Waals surface area (Å²) in [6.07, 6.45) is 4.25. The summed E-state index contributed by atoms with van der Waals surface area (Å²) >= 11 is 7.47. The lowest BCUT2D eigenvalue weighted by molar-refractivity contribution is -0.145. The minimum Gasteiger partial charge on any atom is -0.394 e. The van der Waals surface area contributed by atoms with Gasteiger partial charge in [0.1, 0.15) is 0 Å². The second-order valence-corrected chi connectivity index (χ2v) is 6.67. The highest BCUT2D eigenvalue weighted by atomic mass is 35.5. The molecule has 1 aromatic rings. The van der Waals surface area contributed by atoms with Crippen LogP contribution < -0.4 is 0 Å². The fourth-order valence-electron chi connectivity index (χ4n) is 2.49. The van der Waals surface area contributed by atoms with E-state index < -0.39 is 0 Å². The van der Waals surface area contributed by atoms with Crippen LogP contribution in [0.15, 0.2) is 24.1 Å². The van der Waals surface area contributed by atoms with Crippen LogP contribution in [0.3, 0.4) is 0 Å². The first kappa shape index (κ1) is 16.5. The Labute approximate surface area is 134 Å². The van der Waals surface area contributed by atoms with Gasteiger partial charge in [-0.25, -0.2) is 0 Å². The number of carbonyl (C=O) groups excluding carboxylic acids is 1. The Morgan fingerprint density at radius 2 is 2.38 bits per heavy atom. The zero-order valence-corrected chi connectivity index (χ0v) is 13.5. The molecule has 1 aliphatic rings. The molecule has 1 amide bonds.